The Morgan fingerprint density at radius 2 is 2.00 bits per heavy atom. The van der Waals surface area contributed by atoms with Gasteiger partial charge in [-0.25, -0.2) is 4.39 Å². The second-order valence-electron chi connectivity index (χ2n) is 5.26. The number of carbonyl (C=O) groups is 1. The van der Waals surface area contributed by atoms with E-state index in [9.17, 15) is 9.18 Å². The number of halogens is 2. The summed E-state index contributed by atoms with van der Waals surface area (Å²) in [4.78, 5) is 11.9. The van der Waals surface area contributed by atoms with Crippen LogP contribution in [0.4, 0.5) is 4.39 Å². The average molecular weight is 302 g/mol. The Hall–Kier alpha value is -0.740. The second kappa shape index (κ2) is 5.27. The van der Waals surface area contributed by atoms with Gasteiger partial charge in [-0.2, -0.15) is 0 Å². The number of benzene rings is 1. The molecule has 0 spiro atoms. The van der Waals surface area contributed by atoms with Crippen molar-refractivity contribution in [2.24, 2.45) is 11.1 Å². The molecule has 0 aliphatic carbocycles. The van der Waals surface area contributed by atoms with Crippen molar-refractivity contribution in [1.82, 2.24) is 0 Å². The van der Waals surface area contributed by atoms with E-state index in [-0.39, 0.29) is 23.4 Å². The first-order chi connectivity index (χ1) is 7.70. The van der Waals surface area contributed by atoms with Crippen LogP contribution >= 0.6 is 15.9 Å². The van der Waals surface area contributed by atoms with Crippen LogP contribution in [0.1, 0.15) is 26.3 Å². The van der Waals surface area contributed by atoms with Crippen molar-refractivity contribution in [1.29, 1.82) is 0 Å². The smallest absolute Gasteiger partial charge is 0.154 e. The molecular formula is C13H17BrFNO. The van der Waals surface area contributed by atoms with Gasteiger partial charge in [-0.05, 0) is 29.2 Å². The molecule has 1 aromatic carbocycles. The van der Waals surface area contributed by atoms with Crippen LogP contribution in [0.3, 0.4) is 0 Å². The Morgan fingerprint density at radius 1 is 1.41 bits per heavy atom. The maximum Gasteiger partial charge on any atom is 0.154 e. The summed E-state index contributed by atoms with van der Waals surface area (Å²) >= 11 is 3.20. The number of nitrogens with two attached hydrogens (primary N) is 1. The van der Waals surface area contributed by atoms with Gasteiger partial charge >= 0.3 is 0 Å². The molecule has 0 aromatic heterocycles. The van der Waals surface area contributed by atoms with E-state index < -0.39 is 6.04 Å². The Balaban J connectivity index is 2.81. The van der Waals surface area contributed by atoms with Crippen molar-refractivity contribution in [3.8, 4) is 0 Å². The zero-order valence-corrected chi connectivity index (χ0v) is 11.8. The Labute approximate surface area is 110 Å². The molecule has 1 rings (SSSR count). The summed E-state index contributed by atoms with van der Waals surface area (Å²) in [6, 6.07) is 3.91. The zero-order chi connectivity index (χ0) is 13.2. The average Bonchev–Trinajstić information content (AvgIpc) is 2.13. The largest absolute Gasteiger partial charge is 0.321 e. The molecular weight excluding hydrogens is 285 g/mol. The number of hydrogen-bond acceptors (Lipinski definition) is 2. The van der Waals surface area contributed by atoms with Crippen molar-refractivity contribution < 1.29 is 9.18 Å². The van der Waals surface area contributed by atoms with Gasteiger partial charge in [-0.3, -0.25) is 4.79 Å². The number of ketones is 1. The molecule has 4 heteroatoms. The molecule has 0 radical (unpaired) electrons. The molecule has 0 saturated heterocycles. The van der Waals surface area contributed by atoms with Gasteiger partial charge < -0.3 is 5.73 Å². The van der Waals surface area contributed by atoms with E-state index >= 15 is 0 Å². The van der Waals surface area contributed by atoms with E-state index in [1.165, 1.54) is 12.1 Å². The molecule has 1 atom stereocenters. The molecule has 0 amide bonds. The van der Waals surface area contributed by atoms with Gasteiger partial charge in [0.25, 0.3) is 0 Å². The van der Waals surface area contributed by atoms with E-state index in [1.807, 2.05) is 20.8 Å². The fourth-order valence-electron chi connectivity index (χ4n) is 1.51. The van der Waals surface area contributed by atoms with Crippen molar-refractivity contribution in [2.45, 2.75) is 33.2 Å². The lowest BCUT2D eigenvalue weighted by Gasteiger charge is -2.25. The van der Waals surface area contributed by atoms with Gasteiger partial charge in [-0.1, -0.05) is 36.7 Å². The highest BCUT2D eigenvalue weighted by Crippen LogP contribution is 2.21. The first-order valence-corrected chi connectivity index (χ1v) is 6.22. The summed E-state index contributed by atoms with van der Waals surface area (Å²) in [5.41, 5.74) is 6.23. The van der Waals surface area contributed by atoms with Crippen LogP contribution in [0.15, 0.2) is 22.7 Å². The lowest BCUT2D eigenvalue weighted by atomic mass is 9.83. The zero-order valence-electron chi connectivity index (χ0n) is 10.3. The lowest BCUT2D eigenvalue weighted by Crippen LogP contribution is -2.43. The minimum absolute atomic E-state index is 0.0741. The summed E-state index contributed by atoms with van der Waals surface area (Å²) in [6.07, 6.45) is 0.162. The fourth-order valence-corrected chi connectivity index (χ4v) is 2.02. The third-order valence-electron chi connectivity index (χ3n) is 2.58. The molecule has 0 aliphatic heterocycles. The maximum atomic E-state index is 13.1. The van der Waals surface area contributed by atoms with E-state index in [0.717, 1.165) is 0 Å². The maximum absolute atomic E-state index is 13.1. The molecule has 1 aromatic rings. The molecule has 2 N–H and O–H groups in total. The van der Waals surface area contributed by atoms with Crippen LogP contribution in [0, 0.1) is 11.2 Å². The first kappa shape index (κ1) is 14.3. The van der Waals surface area contributed by atoms with Crippen LogP contribution in [0.5, 0.6) is 0 Å². The summed E-state index contributed by atoms with van der Waals surface area (Å²) in [5.74, 6) is -0.429. The van der Waals surface area contributed by atoms with Crippen LogP contribution in [0.25, 0.3) is 0 Å². The molecule has 0 aliphatic rings. The quantitative estimate of drug-likeness (QED) is 0.932. The number of rotatable bonds is 3. The minimum atomic E-state index is -0.537. The molecule has 2 nitrogen and oxygen atoms in total. The number of carbonyl (C=O) groups excluding carboxylic acids is 1. The summed E-state index contributed by atoms with van der Waals surface area (Å²) in [5, 5.41) is 0. The van der Waals surface area contributed by atoms with Gasteiger partial charge in [0.1, 0.15) is 5.82 Å². The van der Waals surface area contributed by atoms with Crippen molar-refractivity contribution >= 4 is 21.7 Å². The molecule has 94 valence electrons. The van der Waals surface area contributed by atoms with Crippen molar-refractivity contribution in [3.05, 3.63) is 34.1 Å². The highest BCUT2D eigenvalue weighted by atomic mass is 79.9. The summed E-state index contributed by atoms with van der Waals surface area (Å²) < 4.78 is 13.8. The van der Waals surface area contributed by atoms with Crippen LogP contribution in [0.2, 0.25) is 0 Å². The van der Waals surface area contributed by atoms with E-state index in [2.05, 4.69) is 15.9 Å². The second-order valence-corrected chi connectivity index (χ2v) is 6.18. The van der Waals surface area contributed by atoms with Gasteiger partial charge in [0.2, 0.25) is 0 Å². The van der Waals surface area contributed by atoms with E-state index in [0.29, 0.717) is 10.0 Å². The Bertz CT molecular complexity index is 406. The van der Waals surface area contributed by atoms with Crippen LogP contribution in [-0.2, 0) is 11.2 Å². The van der Waals surface area contributed by atoms with Crippen LogP contribution in [-0.4, -0.2) is 11.8 Å². The highest BCUT2D eigenvalue weighted by molar-refractivity contribution is 9.10. The van der Waals surface area contributed by atoms with Gasteiger partial charge in [0, 0.05) is 10.9 Å². The molecule has 1 unspecified atom stereocenters. The Kier molecular flexibility index (Phi) is 4.44. The summed E-state index contributed by atoms with van der Waals surface area (Å²) in [7, 11) is 0. The lowest BCUT2D eigenvalue weighted by molar-refractivity contribution is -0.121. The monoisotopic (exact) mass is 301 g/mol. The summed E-state index contributed by atoms with van der Waals surface area (Å²) in [6.45, 7) is 5.74. The number of Topliss-reactive ketones (excluding diaryl/α,β-unsaturated/α-hetero) is 1. The van der Waals surface area contributed by atoms with E-state index in [4.69, 9.17) is 5.73 Å². The topological polar surface area (TPSA) is 43.1 Å². The van der Waals surface area contributed by atoms with Crippen molar-refractivity contribution in [3.63, 3.8) is 0 Å². The third kappa shape index (κ3) is 4.21. The van der Waals surface area contributed by atoms with Crippen molar-refractivity contribution in [2.75, 3.05) is 0 Å². The Morgan fingerprint density at radius 3 is 2.47 bits per heavy atom. The predicted octanol–water partition coefficient (Wildman–Crippen LogP) is 3.07. The van der Waals surface area contributed by atoms with Gasteiger partial charge in [0.15, 0.2) is 5.78 Å². The minimum Gasteiger partial charge on any atom is -0.321 e. The first-order valence-electron chi connectivity index (χ1n) is 5.43. The standard InChI is InChI=1S/C13H17BrFNO/c1-13(2,3)12(16)11(17)6-8-4-9(14)7-10(15)5-8/h4-5,7,12H,6,16H2,1-3H3. The van der Waals surface area contributed by atoms with Gasteiger partial charge in [0.05, 0.1) is 6.04 Å². The molecule has 0 saturated carbocycles. The third-order valence-corrected chi connectivity index (χ3v) is 3.04. The normalized spacial score (nSPS) is 13.5. The van der Waals surface area contributed by atoms with Gasteiger partial charge in [-0.15, -0.1) is 0 Å². The van der Waals surface area contributed by atoms with Crippen LogP contribution < -0.4 is 5.73 Å². The number of hydrogen-bond donors (Lipinski definition) is 1. The fraction of sp³-hybridized carbons (Fsp3) is 0.462. The van der Waals surface area contributed by atoms with E-state index in [1.54, 1.807) is 6.07 Å². The SMILES string of the molecule is CC(C)(C)C(N)C(=O)Cc1cc(F)cc(Br)c1. The molecule has 0 bridgehead atoms. The molecule has 0 fully saturated rings. The highest BCUT2D eigenvalue weighted by Gasteiger charge is 2.27. The predicted molar refractivity (Wildman–Crippen MR) is 70.2 cm³/mol. The molecule has 0 heterocycles. The molecule has 17 heavy (non-hydrogen) atoms.